The molecule has 6 heavy (non-hydrogen) atoms. The van der Waals surface area contributed by atoms with E-state index in [4.69, 9.17) is 23.8 Å². The number of hydrogen-bond acceptors (Lipinski definition) is 0. The van der Waals surface area contributed by atoms with Gasteiger partial charge in [-0.05, 0) is 0 Å². The van der Waals surface area contributed by atoms with Gasteiger partial charge < -0.3 is 5.48 Å². The molecule has 0 aliphatic rings. The molecule has 5 heteroatoms. The van der Waals surface area contributed by atoms with Crippen LogP contribution in [0.5, 0.6) is 0 Å². The number of rotatable bonds is 0. The molecule has 0 aromatic carbocycles. The Balaban J connectivity index is -0.0000000275. The Kier molecular flexibility index (Phi) is 102. The third-order valence-corrected chi connectivity index (χ3v) is 0. The molecule has 0 bridgehead atoms. The summed E-state index contributed by atoms with van der Waals surface area (Å²) in [5, 5.41) is 0. The van der Waals surface area contributed by atoms with Crippen LogP contribution in [0.4, 0.5) is 0 Å². The summed E-state index contributed by atoms with van der Waals surface area (Å²) in [6.45, 7) is 4.50. The van der Waals surface area contributed by atoms with Crippen LogP contribution in [0.1, 0.15) is 0 Å². The molecule has 0 atom stereocenters. The molecule has 0 fully saturated rings. The normalized spacial score (nSPS) is 4.00. The van der Waals surface area contributed by atoms with Crippen LogP contribution >= 0.6 is 19.2 Å². The van der Waals surface area contributed by atoms with Crippen molar-refractivity contribution >= 4 is 19.2 Å². The number of hydrogen-bond donors (Lipinski definition) is 0. The molecule has 2 N–H and O–H groups in total. The van der Waals surface area contributed by atoms with E-state index in [-0.39, 0.29) is 5.48 Å². The minimum atomic E-state index is -0.556. The van der Waals surface area contributed by atoms with Gasteiger partial charge in [-0.15, -0.1) is 0 Å². The van der Waals surface area contributed by atoms with E-state index in [9.17, 15) is 0 Å². The average Bonchev–Trinajstić information content (AvgIpc) is 1.46. The summed E-state index contributed by atoms with van der Waals surface area (Å²) in [7, 11) is 9.78. The van der Waals surface area contributed by atoms with Gasteiger partial charge in [0.25, 0.3) is 0 Å². The van der Waals surface area contributed by atoms with Crippen molar-refractivity contribution in [3.8, 4) is 0 Å². The zero-order valence-electron chi connectivity index (χ0n) is 2.50. The van der Waals surface area contributed by atoms with E-state index in [1.165, 1.54) is 0 Å². The topological polar surface area (TPSA) is 51.4 Å². The van der Waals surface area contributed by atoms with Crippen LogP contribution in [0.15, 0.2) is 0 Å². The Morgan fingerprint density at radius 3 is 1.33 bits per heavy atom. The molecule has 0 saturated heterocycles. The van der Waals surface area contributed by atoms with Crippen molar-refractivity contribution in [3.05, 3.63) is 6.65 Å². The van der Waals surface area contributed by atoms with E-state index in [1.54, 1.807) is 0 Å². The van der Waals surface area contributed by atoms with Crippen LogP contribution in [0.2, 0.25) is 0 Å². The first-order valence-electron chi connectivity index (χ1n) is 0.456. The van der Waals surface area contributed by atoms with Gasteiger partial charge in [-0.25, -0.2) is 0 Å². The van der Waals surface area contributed by atoms with Crippen molar-refractivity contribution in [2.45, 2.75) is 0 Å². The predicted octanol–water partition coefficient (Wildman–Crippen LogP) is 0.514. The fraction of sp³-hybridized carbons (Fsp3) is 0. The summed E-state index contributed by atoms with van der Waals surface area (Å²) in [5.41, 5.74) is 0. The van der Waals surface area contributed by atoms with Crippen LogP contribution in [-0.2, 0) is 20.3 Å². The van der Waals surface area contributed by atoms with Crippen molar-refractivity contribution in [3.63, 3.8) is 0 Å². The fourth-order valence-electron chi connectivity index (χ4n) is 0. The van der Waals surface area contributed by atoms with Crippen LogP contribution in [0.25, 0.3) is 0 Å². The van der Waals surface area contributed by atoms with Crippen LogP contribution in [-0.4, -0.2) is 5.48 Å². The first kappa shape index (κ1) is 15.8. The second kappa shape index (κ2) is 38.7. The standard InChI is InChI=1S/CO.2ClH.Ir.H2O/c1-2;;;;/h;2*1H;;1H2/q;;;+3;/p-2. The molecule has 40 valence electrons. The Labute approximate surface area is 51.8 Å². The Bertz CT molecular complexity index is 22.8. The molecule has 0 heterocycles. The molecular formula is CH2Cl2IrO2+. The zero-order valence-corrected chi connectivity index (χ0v) is 6.40. The van der Waals surface area contributed by atoms with Crippen molar-refractivity contribution in [1.29, 1.82) is 0 Å². The SMILES string of the molecule is O.[C-]#[O+].[Cl][Ir+][Cl]. The van der Waals surface area contributed by atoms with Gasteiger partial charge in [-0.1, -0.05) is 0 Å². The van der Waals surface area contributed by atoms with Gasteiger partial charge in [0.2, 0.25) is 0 Å². The molecule has 0 amide bonds. The van der Waals surface area contributed by atoms with Crippen LogP contribution in [0, 0.1) is 6.65 Å². The molecular weight excluding hydrogens is 307 g/mol. The van der Waals surface area contributed by atoms with E-state index < -0.39 is 15.7 Å². The first-order valence-corrected chi connectivity index (χ1v) is 6.39. The maximum absolute atomic E-state index is 7.50. The molecule has 0 saturated carbocycles. The second-order valence-corrected chi connectivity index (χ2v) is 3.51. The zero-order chi connectivity index (χ0) is 4.71. The summed E-state index contributed by atoms with van der Waals surface area (Å²) in [6.07, 6.45) is 0. The third kappa shape index (κ3) is 88.1. The quantitative estimate of drug-likeness (QED) is 0.463. The third-order valence-electron chi connectivity index (χ3n) is 0. The van der Waals surface area contributed by atoms with Crippen LogP contribution < -0.4 is 0 Å². The summed E-state index contributed by atoms with van der Waals surface area (Å²) in [6, 6.07) is 0. The van der Waals surface area contributed by atoms with E-state index in [0.717, 1.165) is 0 Å². The van der Waals surface area contributed by atoms with Crippen LogP contribution in [0.3, 0.4) is 0 Å². The van der Waals surface area contributed by atoms with Crippen molar-refractivity contribution in [2.24, 2.45) is 0 Å². The molecule has 0 aromatic rings. The second-order valence-electron chi connectivity index (χ2n) is 0.0476. The van der Waals surface area contributed by atoms with Gasteiger partial charge in [0.05, 0.1) is 0 Å². The molecule has 0 spiro atoms. The van der Waals surface area contributed by atoms with Crippen molar-refractivity contribution < 1.29 is 25.8 Å². The van der Waals surface area contributed by atoms with Gasteiger partial charge in [-0.3, -0.25) is 0 Å². The first-order chi connectivity index (χ1) is 2.41. The molecule has 0 rings (SSSR count). The van der Waals surface area contributed by atoms with Gasteiger partial charge in [0, 0.05) is 0 Å². The maximum atomic E-state index is 7.50. The molecule has 2 nitrogen and oxygen atoms in total. The summed E-state index contributed by atoms with van der Waals surface area (Å²) >= 11 is -0.556. The fourth-order valence-corrected chi connectivity index (χ4v) is 0. The van der Waals surface area contributed by atoms with Gasteiger partial charge in [0.15, 0.2) is 0 Å². The molecule has 0 unspecified atom stereocenters. The Hall–Kier alpha value is 0.929. The van der Waals surface area contributed by atoms with E-state index >= 15 is 0 Å². The van der Waals surface area contributed by atoms with Crippen molar-refractivity contribution in [1.82, 2.24) is 0 Å². The predicted molar refractivity (Wildman–Crippen MR) is 19.2 cm³/mol. The summed E-state index contributed by atoms with van der Waals surface area (Å²) in [5.74, 6) is 0. The van der Waals surface area contributed by atoms with E-state index in [1.807, 2.05) is 0 Å². The molecule has 0 aromatic heterocycles. The number of halogens is 2. The van der Waals surface area contributed by atoms with Gasteiger partial charge in [0.1, 0.15) is 0 Å². The molecule has 0 aliphatic carbocycles. The monoisotopic (exact) mass is 309 g/mol. The van der Waals surface area contributed by atoms with E-state index in [0.29, 0.717) is 0 Å². The van der Waals surface area contributed by atoms with E-state index in [2.05, 4.69) is 6.65 Å². The minimum absolute atomic E-state index is 0. The van der Waals surface area contributed by atoms with Gasteiger partial charge >= 0.3 is 46.1 Å². The summed E-state index contributed by atoms with van der Waals surface area (Å²) < 4.78 is 7.50. The Morgan fingerprint density at radius 1 is 1.33 bits per heavy atom. The molecule has 0 aliphatic heterocycles. The van der Waals surface area contributed by atoms with Gasteiger partial charge in [-0.2, -0.15) is 0 Å². The van der Waals surface area contributed by atoms with Crippen molar-refractivity contribution in [2.75, 3.05) is 0 Å². The Morgan fingerprint density at radius 2 is 1.33 bits per heavy atom. The summed E-state index contributed by atoms with van der Waals surface area (Å²) in [4.78, 5) is 0. The molecule has 0 radical (unpaired) electrons. The average molecular weight is 309 g/mol.